The van der Waals surface area contributed by atoms with E-state index in [9.17, 15) is 0 Å². The number of fused-ring (bicyclic) bond motifs is 2. The molecule has 1 unspecified atom stereocenters. The first-order chi connectivity index (χ1) is 9.69. The van der Waals surface area contributed by atoms with Crippen molar-refractivity contribution >= 4 is 23.2 Å². The summed E-state index contributed by atoms with van der Waals surface area (Å²) in [7, 11) is 0. The van der Waals surface area contributed by atoms with Gasteiger partial charge >= 0.3 is 0 Å². The second kappa shape index (κ2) is 4.60. The van der Waals surface area contributed by atoms with E-state index in [1.54, 1.807) is 10.7 Å². The Hall–Kier alpha value is -1.33. The molecule has 1 saturated carbocycles. The molecular formula is C14H18ClN5. The molecule has 2 aromatic heterocycles. The Morgan fingerprint density at radius 2 is 2.05 bits per heavy atom. The Labute approximate surface area is 122 Å². The third-order valence-electron chi connectivity index (χ3n) is 4.66. The normalized spacial score (nSPS) is 29.9. The predicted molar refractivity (Wildman–Crippen MR) is 79.0 cm³/mol. The first-order valence-electron chi connectivity index (χ1n) is 7.21. The van der Waals surface area contributed by atoms with Gasteiger partial charge in [0.05, 0.1) is 5.02 Å². The summed E-state index contributed by atoms with van der Waals surface area (Å²) in [6.45, 7) is 2.09. The molecule has 1 aliphatic heterocycles. The number of nitrogens with two attached hydrogens (primary N) is 1. The zero-order chi connectivity index (χ0) is 13.7. The van der Waals surface area contributed by atoms with E-state index in [-0.39, 0.29) is 0 Å². The highest BCUT2D eigenvalue weighted by molar-refractivity contribution is 6.30. The molecule has 0 aromatic carbocycles. The van der Waals surface area contributed by atoms with Crippen molar-refractivity contribution in [3.63, 3.8) is 0 Å². The summed E-state index contributed by atoms with van der Waals surface area (Å²) in [6.07, 6.45) is 5.33. The van der Waals surface area contributed by atoms with Gasteiger partial charge in [-0.25, -0.2) is 4.52 Å². The van der Waals surface area contributed by atoms with Crippen molar-refractivity contribution in [2.75, 3.05) is 18.0 Å². The van der Waals surface area contributed by atoms with Gasteiger partial charge < -0.3 is 10.6 Å². The lowest BCUT2D eigenvalue weighted by atomic mass is 9.79. The quantitative estimate of drug-likeness (QED) is 0.872. The molecule has 6 heteroatoms. The van der Waals surface area contributed by atoms with Gasteiger partial charge in [0.2, 0.25) is 5.95 Å². The van der Waals surface area contributed by atoms with Crippen LogP contribution in [0, 0.1) is 11.8 Å². The molecule has 1 saturated heterocycles. The van der Waals surface area contributed by atoms with Gasteiger partial charge in [0.15, 0.2) is 5.65 Å². The van der Waals surface area contributed by atoms with Crippen LogP contribution in [-0.2, 0) is 0 Å². The van der Waals surface area contributed by atoms with E-state index in [1.165, 1.54) is 6.42 Å². The van der Waals surface area contributed by atoms with Crippen LogP contribution >= 0.6 is 11.6 Å². The van der Waals surface area contributed by atoms with Crippen LogP contribution in [-0.4, -0.2) is 33.7 Å². The van der Waals surface area contributed by atoms with Crippen molar-refractivity contribution in [3.8, 4) is 0 Å². The van der Waals surface area contributed by atoms with Crippen LogP contribution < -0.4 is 10.6 Å². The molecule has 4 rings (SSSR count). The van der Waals surface area contributed by atoms with Crippen molar-refractivity contribution in [1.82, 2.24) is 14.6 Å². The zero-order valence-electron chi connectivity index (χ0n) is 11.2. The molecule has 0 radical (unpaired) electrons. The van der Waals surface area contributed by atoms with Crippen LogP contribution in [0.4, 0.5) is 5.95 Å². The molecule has 0 bridgehead atoms. The first-order valence-corrected chi connectivity index (χ1v) is 7.59. The van der Waals surface area contributed by atoms with Gasteiger partial charge in [-0.3, -0.25) is 0 Å². The number of hydrogen-bond donors (Lipinski definition) is 1. The summed E-state index contributed by atoms with van der Waals surface area (Å²) in [4.78, 5) is 6.90. The second-order valence-electron chi connectivity index (χ2n) is 6.06. The van der Waals surface area contributed by atoms with Gasteiger partial charge in [0, 0.05) is 25.3 Å². The minimum atomic E-state index is 0.379. The third kappa shape index (κ3) is 2.05. The Bertz CT molecular complexity index is 640. The van der Waals surface area contributed by atoms with Crippen molar-refractivity contribution in [2.24, 2.45) is 17.6 Å². The molecule has 3 atom stereocenters. The predicted octanol–water partition coefficient (Wildman–Crippen LogP) is 1.95. The molecular weight excluding hydrogens is 274 g/mol. The molecule has 2 N–H and O–H groups in total. The minimum Gasteiger partial charge on any atom is -0.339 e. The SMILES string of the molecule is NC1CC[C@@H]2CN(c3nc4ccc(Cl)cn4n3)C[C@@H]2C1. The monoisotopic (exact) mass is 291 g/mol. The highest BCUT2D eigenvalue weighted by Crippen LogP contribution is 2.36. The molecule has 0 spiro atoms. The highest BCUT2D eigenvalue weighted by Gasteiger charge is 2.37. The van der Waals surface area contributed by atoms with Crippen LogP contribution in [0.2, 0.25) is 5.02 Å². The van der Waals surface area contributed by atoms with Gasteiger partial charge in [-0.15, -0.1) is 5.10 Å². The summed E-state index contributed by atoms with van der Waals surface area (Å²) < 4.78 is 1.76. The number of nitrogens with zero attached hydrogens (tertiary/aromatic N) is 4. The average Bonchev–Trinajstić information content (AvgIpc) is 3.00. The van der Waals surface area contributed by atoms with E-state index >= 15 is 0 Å². The van der Waals surface area contributed by atoms with E-state index in [4.69, 9.17) is 17.3 Å². The number of anilines is 1. The summed E-state index contributed by atoms with van der Waals surface area (Å²) in [6, 6.07) is 4.12. The summed E-state index contributed by atoms with van der Waals surface area (Å²) in [5.74, 6) is 2.27. The van der Waals surface area contributed by atoms with Gasteiger partial charge in [-0.1, -0.05) is 11.6 Å². The van der Waals surface area contributed by atoms with Crippen LogP contribution in [0.5, 0.6) is 0 Å². The largest absolute Gasteiger partial charge is 0.339 e. The lowest BCUT2D eigenvalue weighted by Gasteiger charge is -2.27. The number of halogens is 1. The highest BCUT2D eigenvalue weighted by atomic mass is 35.5. The Balaban J connectivity index is 1.60. The molecule has 1 aliphatic carbocycles. The van der Waals surface area contributed by atoms with E-state index < -0.39 is 0 Å². The molecule has 0 amide bonds. The standard InChI is InChI=1S/C14H18ClN5/c15-11-2-4-13-17-14(18-20(13)8-11)19-6-9-1-3-12(16)5-10(9)7-19/h2,4,8-10,12H,1,3,5-7,16H2/t9-,10+,12?/m1/s1. The van der Waals surface area contributed by atoms with Crippen molar-refractivity contribution < 1.29 is 0 Å². The Morgan fingerprint density at radius 3 is 2.95 bits per heavy atom. The van der Waals surface area contributed by atoms with Crippen molar-refractivity contribution in [1.29, 1.82) is 0 Å². The summed E-state index contributed by atoms with van der Waals surface area (Å²) in [5.41, 5.74) is 6.93. The average molecular weight is 292 g/mol. The van der Waals surface area contributed by atoms with Gasteiger partial charge in [-0.05, 0) is 43.2 Å². The van der Waals surface area contributed by atoms with Crippen LogP contribution in [0.3, 0.4) is 0 Å². The van der Waals surface area contributed by atoms with Crippen LogP contribution in [0.1, 0.15) is 19.3 Å². The maximum Gasteiger partial charge on any atom is 0.245 e. The first kappa shape index (κ1) is 12.4. The maximum atomic E-state index is 6.08. The lowest BCUT2D eigenvalue weighted by Crippen LogP contribution is -2.32. The fraction of sp³-hybridized carbons (Fsp3) is 0.571. The molecule has 2 aliphatic rings. The van der Waals surface area contributed by atoms with Crippen LogP contribution in [0.25, 0.3) is 5.65 Å². The number of rotatable bonds is 1. The van der Waals surface area contributed by atoms with Crippen LogP contribution in [0.15, 0.2) is 18.3 Å². The second-order valence-corrected chi connectivity index (χ2v) is 6.50. The van der Waals surface area contributed by atoms with E-state index in [0.29, 0.717) is 17.0 Å². The molecule has 3 heterocycles. The van der Waals surface area contributed by atoms with E-state index in [2.05, 4.69) is 15.0 Å². The number of hydrogen-bond acceptors (Lipinski definition) is 4. The van der Waals surface area contributed by atoms with E-state index in [0.717, 1.165) is 43.4 Å². The maximum absolute atomic E-state index is 6.08. The molecule has 2 fully saturated rings. The van der Waals surface area contributed by atoms with Gasteiger partial charge in [0.1, 0.15) is 0 Å². The molecule has 2 aromatic rings. The van der Waals surface area contributed by atoms with Gasteiger partial charge in [-0.2, -0.15) is 4.98 Å². The number of pyridine rings is 1. The smallest absolute Gasteiger partial charge is 0.245 e. The number of aromatic nitrogens is 3. The fourth-order valence-electron chi connectivity index (χ4n) is 3.61. The molecule has 20 heavy (non-hydrogen) atoms. The topological polar surface area (TPSA) is 59.5 Å². The Morgan fingerprint density at radius 1 is 1.20 bits per heavy atom. The molecule has 5 nitrogen and oxygen atoms in total. The molecule has 106 valence electrons. The zero-order valence-corrected chi connectivity index (χ0v) is 12.0. The Kier molecular flexibility index (Phi) is 2.86. The summed E-state index contributed by atoms with van der Waals surface area (Å²) >= 11 is 5.99. The lowest BCUT2D eigenvalue weighted by molar-refractivity contribution is 0.271. The minimum absolute atomic E-state index is 0.379. The van der Waals surface area contributed by atoms with Crippen molar-refractivity contribution in [3.05, 3.63) is 23.4 Å². The van der Waals surface area contributed by atoms with Crippen molar-refractivity contribution in [2.45, 2.75) is 25.3 Å². The third-order valence-corrected chi connectivity index (χ3v) is 4.88. The van der Waals surface area contributed by atoms with E-state index in [1.807, 2.05) is 12.1 Å². The fourth-order valence-corrected chi connectivity index (χ4v) is 3.77. The summed E-state index contributed by atoms with van der Waals surface area (Å²) in [5, 5.41) is 5.22. The van der Waals surface area contributed by atoms with Gasteiger partial charge in [0.25, 0.3) is 0 Å².